The van der Waals surface area contributed by atoms with Crippen LogP contribution < -0.4 is 0 Å². The van der Waals surface area contributed by atoms with Gasteiger partial charge in [0.2, 0.25) is 0 Å². The average Bonchev–Trinajstić information content (AvgIpc) is 2.12. The van der Waals surface area contributed by atoms with Crippen LogP contribution in [0.1, 0.15) is 5.56 Å². The van der Waals surface area contributed by atoms with Gasteiger partial charge in [-0.15, -0.1) is 0 Å². The van der Waals surface area contributed by atoms with Gasteiger partial charge in [0.25, 0.3) is 0 Å². The monoisotopic (exact) mass is 242 g/mol. The van der Waals surface area contributed by atoms with Crippen LogP contribution in [0.15, 0.2) is 30.3 Å². The van der Waals surface area contributed by atoms with Crippen molar-refractivity contribution in [2.75, 3.05) is 26.7 Å². The molecule has 0 amide bonds. The minimum absolute atomic E-state index is 0.356. The first-order valence-corrected chi connectivity index (χ1v) is 9.20. The molecular weight excluding hydrogens is 222 g/mol. The summed E-state index contributed by atoms with van der Waals surface area (Å²) in [6.07, 6.45) is 0. The average molecular weight is 242 g/mol. The summed E-state index contributed by atoms with van der Waals surface area (Å²) < 4.78 is 10.7. The number of rotatable bonds is 5. The van der Waals surface area contributed by atoms with Gasteiger partial charge >= 0.3 is 97.4 Å². The molecule has 1 aromatic carbocycles. The quantitative estimate of drug-likeness (QED) is 0.635. The van der Waals surface area contributed by atoms with Crippen molar-refractivity contribution in [3.8, 4) is 0 Å². The maximum absolute atomic E-state index is 9.60. The van der Waals surface area contributed by atoms with Crippen LogP contribution in [-0.4, -0.2) is 39.0 Å². The molecule has 0 aliphatic rings. The van der Waals surface area contributed by atoms with Crippen LogP contribution in [0.5, 0.6) is 0 Å². The molecule has 1 N–H and O–H groups in total. The molecule has 0 saturated carbocycles. The first-order valence-electron chi connectivity index (χ1n) is 5.25. The molecule has 0 saturated heterocycles. The predicted octanol–water partition coefficient (Wildman–Crippen LogP) is 2.18. The zero-order valence-corrected chi connectivity index (χ0v) is 11.3. The van der Waals surface area contributed by atoms with Crippen molar-refractivity contribution < 1.29 is 14.1 Å². The number of benzene rings is 1. The molecule has 16 heavy (non-hydrogen) atoms. The van der Waals surface area contributed by atoms with E-state index in [-0.39, 0.29) is 0 Å². The van der Waals surface area contributed by atoms with E-state index in [1.54, 1.807) is 0 Å². The fourth-order valence-electron chi connectivity index (χ4n) is 1.13. The predicted molar refractivity (Wildman–Crippen MR) is 70.9 cm³/mol. The van der Waals surface area contributed by atoms with E-state index in [2.05, 4.69) is 0 Å². The third kappa shape index (κ3) is 6.24. The molecule has 0 aromatic heterocycles. The normalized spacial score (nSPS) is 14.2. The van der Waals surface area contributed by atoms with E-state index in [0.29, 0.717) is 6.61 Å². The van der Waals surface area contributed by atoms with Crippen molar-refractivity contribution in [1.82, 2.24) is 0 Å². The van der Waals surface area contributed by atoms with Gasteiger partial charge in [-0.25, -0.2) is 0 Å². The standard InChI is InChI=1S/C11H20BO3P/c1-16(2,3,4)15-12(13)14-10-11-8-6-5-7-9-11/h5-9,13H,10H2,1-4H3. The molecule has 0 aliphatic heterocycles. The van der Waals surface area contributed by atoms with Gasteiger partial charge in [-0.05, 0) is 0 Å². The molecule has 0 bridgehead atoms. The summed E-state index contributed by atoms with van der Waals surface area (Å²) in [5.74, 6) is 0. The second kappa shape index (κ2) is 4.85. The summed E-state index contributed by atoms with van der Waals surface area (Å²) in [5, 5.41) is 9.60. The zero-order valence-electron chi connectivity index (χ0n) is 10.4. The summed E-state index contributed by atoms with van der Waals surface area (Å²) in [5.41, 5.74) is 1.02. The molecule has 90 valence electrons. The van der Waals surface area contributed by atoms with Crippen LogP contribution >= 0.6 is 6.83 Å². The van der Waals surface area contributed by atoms with E-state index < -0.39 is 14.2 Å². The Hall–Kier alpha value is -0.405. The van der Waals surface area contributed by atoms with E-state index in [0.717, 1.165) is 5.56 Å². The van der Waals surface area contributed by atoms with E-state index in [1.807, 2.05) is 57.0 Å². The van der Waals surface area contributed by atoms with Crippen LogP contribution in [0.25, 0.3) is 0 Å². The van der Waals surface area contributed by atoms with Gasteiger partial charge in [0.05, 0.1) is 0 Å². The van der Waals surface area contributed by atoms with Crippen LogP contribution in [0.2, 0.25) is 0 Å². The van der Waals surface area contributed by atoms with Crippen LogP contribution in [0.3, 0.4) is 0 Å². The van der Waals surface area contributed by atoms with E-state index in [9.17, 15) is 5.02 Å². The molecule has 0 fully saturated rings. The van der Waals surface area contributed by atoms with Crippen molar-refractivity contribution in [2.45, 2.75) is 6.61 Å². The molecule has 0 spiro atoms. The summed E-state index contributed by atoms with van der Waals surface area (Å²) in [4.78, 5) is 0. The summed E-state index contributed by atoms with van der Waals surface area (Å²) >= 11 is 0. The van der Waals surface area contributed by atoms with Gasteiger partial charge < -0.3 is 0 Å². The van der Waals surface area contributed by atoms with Crippen LogP contribution in [0, 0.1) is 0 Å². The molecular formula is C11H20BO3P. The molecule has 1 aromatic rings. The van der Waals surface area contributed by atoms with Crippen LogP contribution in [-0.2, 0) is 15.7 Å². The fourth-order valence-corrected chi connectivity index (χ4v) is 1.92. The fraction of sp³-hybridized carbons (Fsp3) is 0.455. The van der Waals surface area contributed by atoms with Gasteiger partial charge in [-0.3, -0.25) is 0 Å². The van der Waals surface area contributed by atoms with Crippen molar-refractivity contribution >= 4 is 14.2 Å². The molecule has 5 heteroatoms. The van der Waals surface area contributed by atoms with Crippen molar-refractivity contribution in [1.29, 1.82) is 0 Å². The van der Waals surface area contributed by atoms with Gasteiger partial charge in [0.1, 0.15) is 0 Å². The third-order valence-electron chi connectivity index (χ3n) is 1.75. The Kier molecular flexibility index (Phi) is 4.14. The Labute approximate surface area is 98.0 Å². The topological polar surface area (TPSA) is 38.7 Å². The molecule has 0 radical (unpaired) electrons. The molecule has 0 atom stereocenters. The van der Waals surface area contributed by atoms with Crippen molar-refractivity contribution in [3.63, 3.8) is 0 Å². The Morgan fingerprint density at radius 3 is 2.19 bits per heavy atom. The minimum atomic E-state index is -2.19. The summed E-state index contributed by atoms with van der Waals surface area (Å²) in [7, 11) is -1.15. The van der Waals surface area contributed by atoms with Gasteiger partial charge in [0.15, 0.2) is 0 Å². The summed E-state index contributed by atoms with van der Waals surface area (Å²) in [6, 6.07) is 9.71. The first kappa shape index (κ1) is 13.7. The van der Waals surface area contributed by atoms with E-state index in [1.165, 1.54) is 0 Å². The molecule has 0 unspecified atom stereocenters. The van der Waals surface area contributed by atoms with Gasteiger partial charge in [-0.2, -0.15) is 0 Å². The Morgan fingerprint density at radius 1 is 1.12 bits per heavy atom. The first-order chi connectivity index (χ1) is 7.22. The van der Waals surface area contributed by atoms with Crippen LogP contribution in [0.4, 0.5) is 0 Å². The van der Waals surface area contributed by atoms with Crippen molar-refractivity contribution in [2.24, 2.45) is 0 Å². The van der Waals surface area contributed by atoms with Gasteiger partial charge in [-0.1, -0.05) is 0 Å². The second-order valence-corrected chi connectivity index (χ2v) is 12.7. The van der Waals surface area contributed by atoms with Crippen molar-refractivity contribution in [3.05, 3.63) is 35.9 Å². The molecule has 3 nitrogen and oxygen atoms in total. The third-order valence-corrected chi connectivity index (χ3v) is 2.77. The zero-order chi connectivity index (χ0) is 12.3. The van der Waals surface area contributed by atoms with Gasteiger partial charge in [0, 0.05) is 0 Å². The van der Waals surface area contributed by atoms with E-state index >= 15 is 0 Å². The Balaban J connectivity index is 2.40. The number of hydrogen-bond donors (Lipinski definition) is 1. The second-order valence-electron chi connectivity index (χ2n) is 5.62. The SMILES string of the molecule is CP(C)(C)(C)OB(O)OCc1ccccc1. The van der Waals surface area contributed by atoms with E-state index in [4.69, 9.17) is 9.10 Å². The maximum atomic E-state index is 9.60. The Morgan fingerprint density at radius 2 is 1.69 bits per heavy atom. The molecule has 0 heterocycles. The Bertz CT molecular complexity index is 325. The molecule has 1 rings (SSSR count). The molecule has 0 aliphatic carbocycles. The number of hydrogen-bond acceptors (Lipinski definition) is 3. The summed E-state index contributed by atoms with van der Waals surface area (Å²) in [6.45, 7) is 6.22.